The summed E-state index contributed by atoms with van der Waals surface area (Å²) in [5.74, 6) is -0.183. The van der Waals surface area contributed by atoms with E-state index in [-0.39, 0.29) is 11.9 Å². The van der Waals surface area contributed by atoms with Crippen molar-refractivity contribution in [1.29, 1.82) is 0 Å². The maximum Gasteiger partial charge on any atom is 0.126 e. The van der Waals surface area contributed by atoms with E-state index >= 15 is 0 Å². The van der Waals surface area contributed by atoms with Crippen LogP contribution in [0.3, 0.4) is 0 Å². The Bertz CT molecular complexity index is 624. The van der Waals surface area contributed by atoms with Crippen LogP contribution < -0.4 is 10.6 Å². The largest absolute Gasteiger partial charge is 0.363 e. The molecule has 1 aliphatic heterocycles. The Labute approximate surface area is 119 Å². The summed E-state index contributed by atoms with van der Waals surface area (Å²) >= 11 is 0. The van der Waals surface area contributed by atoms with Crippen LogP contribution in [0.15, 0.2) is 36.4 Å². The normalized spacial score (nSPS) is 15.3. The third-order valence-electron chi connectivity index (χ3n) is 3.98. The molecule has 1 aliphatic rings. The van der Waals surface area contributed by atoms with E-state index < -0.39 is 0 Å². The lowest BCUT2D eigenvalue weighted by molar-refractivity contribution is 0.612. The summed E-state index contributed by atoms with van der Waals surface area (Å²) in [5.41, 5.74) is 11.3. The number of nitrogens with two attached hydrogens (primary N) is 1. The van der Waals surface area contributed by atoms with E-state index in [4.69, 9.17) is 5.73 Å². The second-order valence-corrected chi connectivity index (χ2v) is 5.57. The highest BCUT2D eigenvalue weighted by Crippen LogP contribution is 2.34. The first-order chi connectivity index (χ1) is 9.56. The molecule has 0 saturated heterocycles. The fourth-order valence-electron chi connectivity index (χ4n) is 2.82. The molecule has 0 aliphatic carbocycles. The lowest BCUT2D eigenvalue weighted by atomic mass is 10.0. The Balaban J connectivity index is 2.02. The van der Waals surface area contributed by atoms with Crippen LogP contribution in [0, 0.1) is 12.7 Å². The van der Waals surface area contributed by atoms with Crippen LogP contribution in [-0.2, 0) is 13.1 Å². The van der Waals surface area contributed by atoms with E-state index in [1.165, 1.54) is 11.1 Å². The van der Waals surface area contributed by atoms with Crippen LogP contribution in [0.25, 0.3) is 0 Å². The van der Waals surface area contributed by atoms with Crippen LogP contribution in [0.4, 0.5) is 10.1 Å². The molecule has 1 heterocycles. The minimum absolute atomic E-state index is 0.177. The second kappa shape index (κ2) is 4.91. The van der Waals surface area contributed by atoms with E-state index in [9.17, 15) is 4.39 Å². The van der Waals surface area contributed by atoms with Gasteiger partial charge < -0.3 is 10.6 Å². The molecule has 0 spiro atoms. The lowest BCUT2D eigenvalue weighted by Gasteiger charge is -2.24. The highest BCUT2D eigenvalue weighted by Gasteiger charge is 2.22. The molecule has 0 aromatic heterocycles. The van der Waals surface area contributed by atoms with Crippen molar-refractivity contribution in [1.82, 2.24) is 0 Å². The average Bonchev–Trinajstić information content (AvgIpc) is 2.84. The summed E-state index contributed by atoms with van der Waals surface area (Å²) in [6.45, 7) is 5.42. The van der Waals surface area contributed by atoms with E-state index in [2.05, 4.69) is 29.2 Å². The molecule has 2 aromatic rings. The van der Waals surface area contributed by atoms with Crippen molar-refractivity contribution in [3.05, 3.63) is 64.5 Å². The number of anilines is 1. The van der Waals surface area contributed by atoms with Crippen molar-refractivity contribution in [3.63, 3.8) is 0 Å². The van der Waals surface area contributed by atoms with E-state index in [1.807, 2.05) is 13.0 Å². The molecular formula is C17H19FN2. The highest BCUT2D eigenvalue weighted by molar-refractivity contribution is 5.59. The first-order valence-corrected chi connectivity index (χ1v) is 6.93. The quantitative estimate of drug-likeness (QED) is 0.902. The number of hydrogen-bond donors (Lipinski definition) is 1. The molecule has 20 heavy (non-hydrogen) atoms. The Morgan fingerprint density at radius 3 is 2.30 bits per heavy atom. The molecule has 0 saturated carbocycles. The van der Waals surface area contributed by atoms with Crippen LogP contribution in [-0.4, -0.2) is 0 Å². The minimum Gasteiger partial charge on any atom is -0.363 e. The Hall–Kier alpha value is -1.87. The number of hydrogen-bond acceptors (Lipinski definition) is 2. The number of aryl methyl sites for hydroxylation is 1. The Morgan fingerprint density at radius 1 is 1.15 bits per heavy atom. The predicted octanol–water partition coefficient (Wildman–Crippen LogP) is 3.67. The highest BCUT2D eigenvalue weighted by atomic mass is 19.1. The van der Waals surface area contributed by atoms with E-state index in [0.29, 0.717) is 5.56 Å². The number of fused-ring (bicyclic) bond motifs is 1. The monoisotopic (exact) mass is 270 g/mol. The number of halogens is 1. The van der Waals surface area contributed by atoms with Gasteiger partial charge in [-0.05, 0) is 48.2 Å². The van der Waals surface area contributed by atoms with Crippen LogP contribution in [0.1, 0.15) is 35.2 Å². The fourth-order valence-corrected chi connectivity index (χ4v) is 2.82. The number of nitrogens with zero attached hydrogens (tertiary/aromatic N) is 1. The average molecular weight is 270 g/mol. The van der Waals surface area contributed by atoms with Gasteiger partial charge in [0.05, 0.1) is 0 Å². The van der Waals surface area contributed by atoms with Gasteiger partial charge in [-0.2, -0.15) is 0 Å². The molecule has 3 rings (SSSR count). The van der Waals surface area contributed by atoms with Gasteiger partial charge in [0, 0.05) is 24.8 Å². The minimum atomic E-state index is -0.183. The molecule has 0 bridgehead atoms. The predicted molar refractivity (Wildman–Crippen MR) is 80.1 cm³/mol. The van der Waals surface area contributed by atoms with Gasteiger partial charge in [0.15, 0.2) is 0 Å². The van der Waals surface area contributed by atoms with Gasteiger partial charge in [0.25, 0.3) is 0 Å². The zero-order chi connectivity index (χ0) is 14.3. The van der Waals surface area contributed by atoms with E-state index in [0.717, 1.165) is 24.3 Å². The Kier molecular flexibility index (Phi) is 3.22. The van der Waals surface area contributed by atoms with Crippen LogP contribution in [0.2, 0.25) is 0 Å². The van der Waals surface area contributed by atoms with Crippen molar-refractivity contribution in [2.45, 2.75) is 33.0 Å². The first kappa shape index (κ1) is 13.1. The van der Waals surface area contributed by atoms with Gasteiger partial charge >= 0.3 is 0 Å². The standard InChI is InChI=1S/C17H19FN2/c1-11-7-17(15(12(2)19)8-16(11)18)20-9-13-5-3-4-6-14(13)10-20/h3-8,12H,9-10,19H2,1-2H3/t12-/m1/s1. The second-order valence-electron chi connectivity index (χ2n) is 5.57. The number of benzene rings is 2. The van der Waals surface area contributed by atoms with Crippen molar-refractivity contribution in [3.8, 4) is 0 Å². The molecule has 2 nitrogen and oxygen atoms in total. The molecule has 0 unspecified atom stereocenters. The summed E-state index contributed by atoms with van der Waals surface area (Å²) in [5, 5.41) is 0. The van der Waals surface area contributed by atoms with Gasteiger partial charge in [-0.15, -0.1) is 0 Å². The van der Waals surface area contributed by atoms with E-state index in [1.54, 1.807) is 13.0 Å². The Morgan fingerprint density at radius 2 is 1.75 bits per heavy atom. The maximum atomic E-state index is 13.8. The number of rotatable bonds is 2. The van der Waals surface area contributed by atoms with Gasteiger partial charge in [-0.25, -0.2) is 4.39 Å². The smallest absolute Gasteiger partial charge is 0.126 e. The molecule has 2 N–H and O–H groups in total. The van der Waals surface area contributed by atoms with Crippen molar-refractivity contribution in [2.24, 2.45) is 5.73 Å². The first-order valence-electron chi connectivity index (χ1n) is 6.93. The van der Waals surface area contributed by atoms with Gasteiger partial charge in [-0.3, -0.25) is 0 Å². The van der Waals surface area contributed by atoms with Gasteiger partial charge in [-0.1, -0.05) is 24.3 Å². The molecule has 104 valence electrons. The SMILES string of the molecule is Cc1cc(N2Cc3ccccc3C2)c([C@@H](C)N)cc1F. The topological polar surface area (TPSA) is 29.3 Å². The van der Waals surface area contributed by atoms with Gasteiger partial charge in [0.2, 0.25) is 0 Å². The van der Waals surface area contributed by atoms with Crippen molar-refractivity contribution >= 4 is 5.69 Å². The van der Waals surface area contributed by atoms with Crippen molar-refractivity contribution in [2.75, 3.05) is 4.90 Å². The third-order valence-corrected chi connectivity index (χ3v) is 3.98. The molecule has 0 amide bonds. The van der Waals surface area contributed by atoms with Crippen molar-refractivity contribution < 1.29 is 4.39 Å². The zero-order valence-corrected chi connectivity index (χ0v) is 11.9. The molecular weight excluding hydrogens is 251 g/mol. The summed E-state index contributed by atoms with van der Waals surface area (Å²) in [6.07, 6.45) is 0. The molecule has 3 heteroatoms. The summed E-state index contributed by atoms with van der Waals surface area (Å²) < 4.78 is 13.8. The lowest BCUT2D eigenvalue weighted by Crippen LogP contribution is -2.19. The fraction of sp³-hybridized carbons (Fsp3) is 0.294. The molecule has 2 aromatic carbocycles. The van der Waals surface area contributed by atoms with Crippen LogP contribution in [0.5, 0.6) is 0 Å². The third kappa shape index (κ3) is 2.18. The van der Waals surface area contributed by atoms with Crippen LogP contribution >= 0.6 is 0 Å². The maximum absolute atomic E-state index is 13.8. The zero-order valence-electron chi connectivity index (χ0n) is 11.9. The molecule has 0 fully saturated rings. The summed E-state index contributed by atoms with van der Waals surface area (Å²) in [6, 6.07) is 11.7. The summed E-state index contributed by atoms with van der Waals surface area (Å²) in [7, 11) is 0. The molecule has 1 atom stereocenters. The molecule has 0 radical (unpaired) electrons. The summed E-state index contributed by atoms with van der Waals surface area (Å²) in [4.78, 5) is 2.27. The van der Waals surface area contributed by atoms with Gasteiger partial charge in [0.1, 0.15) is 5.82 Å².